The number of nitrogens with zero attached hydrogens (tertiary/aromatic N) is 2. The lowest BCUT2D eigenvalue weighted by Gasteiger charge is -2.16. The van der Waals surface area contributed by atoms with Crippen LogP contribution >= 0.6 is 0 Å². The molecule has 6 heteroatoms. The molecule has 0 unspecified atom stereocenters. The van der Waals surface area contributed by atoms with Crippen molar-refractivity contribution in [1.29, 1.82) is 0 Å². The third-order valence-corrected chi connectivity index (χ3v) is 1.42. The Morgan fingerprint density at radius 1 is 1.31 bits per heavy atom. The standard InChI is InChI=1S/C10H18N2O4/c1-7(6-8(13)15-5)11-12-9(14)16-10(2,3)4/h7H,6H2,1-5H3/t7-/m1/s1. The smallest absolute Gasteiger partial charge is 0.452 e. The van der Waals surface area contributed by atoms with Gasteiger partial charge in [0, 0.05) is 0 Å². The average Bonchev–Trinajstić information content (AvgIpc) is 2.12. The normalized spacial score (nSPS) is 13.6. The van der Waals surface area contributed by atoms with Crippen LogP contribution in [-0.2, 0) is 14.3 Å². The molecule has 16 heavy (non-hydrogen) atoms. The molecule has 0 aromatic carbocycles. The number of ether oxygens (including phenoxy) is 2. The van der Waals surface area contributed by atoms with E-state index in [0.717, 1.165) is 0 Å². The first-order chi connectivity index (χ1) is 7.24. The summed E-state index contributed by atoms with van der Waals surface area (Å²) in [6, 6.07) is -0.403. The molecule has 0 aliphatic carbocycles. The van der Waals surface area contributed by atoms with Crippen LogP contribution in [0.3, 0.4) is 0 Å². The van der Waals surface area contributed by atoms with Crippen molar-refractivity contribution in [2.24, 2.45) is 10.2 Å². The van der Waals surface area contributed by atoms with Gasteiger partial charge in [0.2, 0.25) is 0 Å². The van der Waals surface area contributed by atoms with Gasteiger partial charge in [-0.2, -0.15) is 5.11 Å². The number of hydrogen-bond donors (Lipinski definition) is 0. The van der Waals surface area contributed by atoms with Crippen LogP contribution in [0, 0.1) is 0 Å². The molecule has 0 bridgehead atoms. The Labute approximate surface area is 95.0 Å². The minimum Gasteiger partial charge on any atom is -0.469 e. The molecule has 0 aliphatic heterocycles. The van der Waals surface area contributed by atoms with Crippen molar-refractivity contribution < 1.29 is 19.1 Å². The average molecular weight is 230 g/mol. The van der Waals surface area contributed by atoms with Crippen molar-refractivity contribution in [3.8, 4) is 0 Å². The van der Waals surface area contributed by atoms with Crippen LogP contribution in [0.4, 0.5) is 4.79 Å². The molecule has 0 saturated heterocycles. The number of methoxy groups -OCH3 is 1. The summed E-state index contributed by atoms with van der Waals surface area (Å²) in [4.78, 5) is 22.0. The minimum atomic E-state index is -0.760. The molecule has 0 heterocycles. The van der Waals surface area contributed by atoms with E-state index in [1.807, 2.05) is 0 Å². The summed E-state index contributed by atoms with van der Waals surface area (Å²) in [5.74, 6) is -0.393. The second-order valence-corrected chi connectivity index (χ2v) is 4.33. The van der Waals surface area contributed by atoms with E-state index in [-0.39, 0.29) is 6.42 Å². The summed E-state index contributed by atoms with van der Waals surface area (Å²) >= 11 is 0. The van der Waals surface area contributed by atoms with Gasteiger partial charge in [-0.3, -0.25) is 4.79 Å². The van der Waals surface area contributed by atoms with E-state index < -0.39 is 23.7 Å². The Kier molecular flexibility index (Phi) is 5.63. The van der Waals surface area contributed by atoms with Gasteiger partial charge >= 0.3 is 12.1 Å². The fourth-order valence-corrected chi connectivity index (χ4v) is 0.793. The first-order valence-corrected chi connectivity index (χ1v) is 4.95. The van der Waals surface area contributed by atoms with E-state index in [1.165, 1.54) is 7.11 Å². The van der Waals surface area contributed by atoms with Gasteiger partial charge < -0.3 is 9.47 Å². The summed E-state index contributed by atoms with van der Waals surface area (Å²) in [6.07, 6.45) is -0.674. The Bertz CT molecular complexity index is 281. The van der Waals surface area contributed by atoms with Crippen LogP contribution in [-0.4, -0.2) is 30.8 Å². The minimum absolute atomic E-state index is 0.0861. The monoisotopic (exact) mass is 230 g/mol. The highest BCUT2D eigenvalue weighted by atomic mass is 16.6. The molecule has 0 aromatic rings. The first kappa shape index (κ1) is 14.5. The predicted octanol–water partition coefficient (Wildman–Crippen LogP) is 2.33. The molecular weight excluding hydrogens is 212 g/mol. The highest BCUT2D eigenvalue weighted by Crippen LogP contribution is 2.09. The Morgan fingerprint density at radius 3 is 2.31 bits per heavy atom. The van der Waals surface area contributed by atoms with Crippen molar-refractivity contribution in [3.63, 3.8) is 0 Å². The first-order valence-electron chi connectivity index (χ1n) is 4.95. The van der Waals surface area contributed by atoms with Crippen molar-refractivity contribution >= 4 is 12.1 Å². The maximum atomic E-state index is 11.1. The fourth-order valence-electron chi connectivity index (χ4n) is 0.793. The summed E-state index contributed by atoms with van der Waals surface area (Å²) in [5.41, 5.74) is -0.596. The van der Waals surface area contributed by atoms with Gasteiger partial charge in [0.25, 0.3) is 0 Å². The van der Waals surface area contributed by atoms with E-state index in [9.17, 15) is 9.59 Å². The molecule has 0 aromatic heterocycles. The lowest BCUT2D eigenvalue weighted by atomic mass is 10.2. The van der Waals surface area contributed by atoms with Crippen LogP contribution < -0.4 is 0 Å². The zero-order valence-corrected chi connectivity index (χ0v) is 10.3. The molecule has 1 amide bonds. The maximum absolute atomic E-state index is 11.1. The number of carbonyl (C=O) groups is 2. The fraction of sp³-hybridized carbons (Fsp3) is 0.800. The third kappa shape index (κ3) is 7.90. The van der Waals surface area contributed by atoms with Crippen molar-refractivity contribution in [3.05, 3.63) is 0 Å². The van der Waals surface area contributed by atoms with Crippen LogP contribution in [0.1, 0.15) is 34.1 Å². The van der Waals surface area contributed by atoms with E-state index in [1.54, 1.807) is 27.7 Å². The molecule has 0 saturated carbocycles. The van der Waals surface area contributed by atoms with Gasteiger partial charge in [-0.25, -0.2) is 4.79 Å². The van der Waals surface area contributed by atoms with Gasteiger partial charge in [0.05, 0.1) is 19.6 Å². The highest BCUT2D eigenvalue weighted by molar-refractivity contribution is 5.70. The van der Waals surface area contributed by atoms with Crippen LogP contribution in [0.25, 0.3) is 0 Å². The molecule has 1 atom stereocenters. The summed E-state index contributed by atoms with van der Waals surface area (Å²) in [7, 11) is 1.29. The molecule has 0 rings (SSSR count). The molecular formula is C10H18N2O4. The zero-order chi connectivity index (χ0) is 12.8. The van der Waals surface area contributed by atoms with E-state index in [0.29, 0.717) is 0 Å². The van der Waals surface area contributed by atoms with E-state index >= 15 is 0 Å². The van der Waals surface area contributed by atoms with Gasteiger partial charge in [-0.05, 0) is 27.7 Å². The number of rotatable bonds is 3. The van der Waals surface area contributed by atoms with Crippen molar-refractivity contribution in [2.45, 2.75) is 45.8 Å². The summed E-state index contributed by atoms with van der Waals surface area (Å²) < 4.78 is 9.36. The van der Waals surface area contributed by atoms with Crippen molar-refractivity contribution in [1.82, 2.24) is 0 Å². The highest BCUT2D eigenvalue weighted by Gasteiger charge is 2.16. The van der Waals surface area contributed by atoms with Crippen LogP contribution in [0.2, 0.25) is 0 Å². The number of carbonyl (C=O) groups excluding carboxylic acids is 2. The topological polar surface area (TPSA) is 77.3 Å². The van der Waals surface area contributed by atoms with Gasteiger partial charge in [0.15, 0.2) is 0 Å². The quantitative estimate of drug-likeness (QED) is 0.550. The van der Waals surface area contributed by atoms with Gasteiger partial charge in [-0.1, -0.05) is 5.11 Å². The van der Waals surface area contributed by atoms with Crippen LogP contribution in [0.15, 0.2) is 10.2 Å². The Morgan fingerprint density at radius 2 is 1.88 bits per heavy atom. The number of amides is 1. The van der Waals surface area contributed by atoms with Gasteiger partial charge in [0.1, 0.15) is 5.60 Å². The molecule has 0 N–H and O–H groups in total. The molecule has 0 radical (unpaired) electrons. The molecule has 0 aliphatic rings. The second-order valence-electron chi connectivity index (χ2n) is 4.33. The van der Waals surface area contributed by atoms with E-state index in [2.05, 4.69) is 15.0 Å². The molecule has 6 nitrogen and oxygen atoms in total. The summed E-state index contributed by atoms with van der Waals surface area (Å²) in [5, 5.41) is 7.00. The largest absolute Gasteiger partial charge is 0.469 e. The van der Waals surface area contributed by atoms with Gasteiger partial charge in [-0.15, -0.1) is 0 Å². The number of azo groups is 1. The SMILES string of the molecule is COC(=O)C[C@@H](C)N=NC(=O)OC(C)(C)C. The molecule has 0 spiro atoms. The second kappa shape index (κ2) is 6.19. The third-order valence-electron chi connectivity index (χ3n) is 1.42. The zero-order valence-electron chi connectivity index (χ0n) is 10.3. The molecule has 92 valence electrons. The summed E-state index contributed by atoms with van der Waals surface area (Å²) in [6.45, 7) is 6.86. The number of esters is 1. The van der Waals surface area contributed by atoms with Crippen molar-refractivity contribution in [2.75, 3.05) is 7.11 Å². The van der Waals surface area contributed by atoms with Crippen LogP contribution in [0.5, 0.6) is 0 Å². The maximum Gasteiger partial charge on any atom is 0.452 e. The number of hydrogen-bond acceptors (Lipinski definition) is 5. The lowest BCUT2D eigenvalue weighted by molar-refractivity contribution is -0.140. The van der Waals surface area contributed by atoms with E-state index in [4.69, 9.17) is 4.74 Å². The molecule has 0 fully saturated rings. The Hall–Kier alpha value is -1.46. The lowest BCUT2D eigenvalue weighted by Crippen LogP contribution is -2.21. The predicted molar refractivity (Wildman–Crippen MR) is 57.2 cm³/mol. The Balaban J connectivity index is 4.08.